The summed E-state index contributed by atoms with van der Waals surface area (Å²) >= 11 is 0. The summed E-state index contributed by atoms with van der Waals surface area (Å²) < 4.78 is 1.89. The van der Waals surface area contributed by atoms with Gasteiger partial charge in [-0.15, -0.1) is 0 Å². The van der Waals surface area contributed by atoms with Crippen LogP contribution in [0.25, 0.3) is 11.0 Å². The predicted molar refractivity (Wildman–Crippen MR) is 90.8 cm³/mol. The van der Waals surface area contributed by atoms with Gasteiger partial charge < -0.3 is 9.47 Å². The monoisotopic (exact) mass is 313 g/mol. The molecule has 23 heavy (non-hydrogen) atoms. The molecule has 0 radical (unpaired) electrons. The highest BCUT2D eigenvalue weighted by atomic mass is 16.2. The first kappa shape index (κ1) is 15.7. The number of hydrogen-bond acceptors (Lipinski definition) is 3. The maximum absolute atomic E-state index is 12.9. The molecule has 1 aliphatic heterocycles. The van der Waals surface area contributed by atoms with Crippen molar-refractivity contribution in [1.82, 2.24) is 14.5 Å². The van der Waals surface area contributed by atoms with Crippen molar-refractivity contribution in [3.8, 4) is 0 Å². The van der Waals surface area contributed by atoms with E-state index in [1.807, 2.05) is 29.4 Å². The lowest BCUT2D eigenvalue weighted by atomic mass is 10.0. The fourth-order valence-corrected chi connectivity index (χ4v) is 3.31. The number of rotatable bonds is 2. The third kappa shape index (κ3) is 2.76. The van der Waals surface area contributed by atoms with Gasteiger partial charge in [-0.1, -0.05) is 0 Å². The summed E-state index contributed by atoms with van der Waals surface area (Å²) in [4.78, 5) is 32.0. The minimum atomic E-state index is -0.208. The molecule has 1 fully saturated rings. The summed E-state index contributed by atoms with van der Waals surface area (Å²) in [6.45, 7) is 7.35. The predicted octanol–water partition coefficient (Wildman–Crippen LogP) is 2.74. The molecule has 0 bridgehead atoms. The minimum absolute atomic E-state index is 0.146. The number of pyridine rings is 2. The van der Waals surface area contributed by atoms with Crippen LogP contribution >= 0.6 is 0 Å². The smallest absolute Gasteiger partial charge is 0.259 e. The molecule has 3 rings (SSSR count). The Hall–Kier alpha value is -2.17. The van der Waals surface area contributed by atoms with Crippen LogP contribution in [-0.4, -0.2) is 32.9 Å². The van der Waals surface area contributed by atoms with Gasteiger partial charge in [-0.2, -0.15) is 0 Å². The first-order chi connectivity index (χ1) is 11.0. The van der Waals surface area contributed by atoms with Crippen molar-refractivity contribution in [1.29, 1.82) is 0 Å². The highest BCUT2D eigenvalue weighted by molar-refractivity contribution is 5.97. The summed E-state index contributed by atoms with van der Waals surface area (Å²) in [5.41, 5.74) is 1.57. The molecule has 1 saturated heterocycles. The first-order valence-corrected chi connectivity index (χ1v) is 8.34. The Kier molecular flexibility index (Phi) is 4.20. The Bertz CT molecular complexity index is 810. The number of carbonyl (C=O) groups excluding carboxylic acids is 1. The molecule has 0 spiro atoms. The quantitative estimate of drug-likeness (QED) is 0.856. The molecule has 2 aromatic heterocycles. The van der Waals surface area contributed by atoms with Gasteiger partial charge in [0.2, 0.25) is 5.43 Å². The van der Waals surface area contributed by atoms with E-state index in [1.165, 1.54) is 0 Å². The van der Waals surface area contributed by atoms with E-state index in [0.717, 1.165) is 31.5 Å². The summed E-state index contributed by atoms with van der Waals surface area (Å²) in [5, 5.41) is 0.521. The highest BCUT2D eigenvalue weighted by Gasteiger charge is 2.27. The Labute approximate surface area is 135 Å². The van der Waals surface area contributed by atoms with Gasteiger partial charge in [0.15, 0.2) is 0 Å². The molecule has 1 amide bonds. The molecule has 2 aromatic rings. The number of aromatic nitrogens is 2. The number of hydrogen-bond donors (Lipinski definition) is 0. The number of nitrogens with zero attached hydrogens (tertiary/aromatic N) is 3. The lowest BCUT2D eigenvalue weighted by molar-refractivity contribution is 0.0633. The van der Waals surface area contributed by atoms with Gasteiger partial charge in [-0.05, 0) is 52.2 Å². The van der Waals surface area contributed by atoms with Crippen LogP contribution in [-0.2, 0) is 6.54 Å². The summed E-state index contributed by atoms with van der Waals surface area (Å²) in [6, 6.07) is 3.79. The molecular weight excluding hydrogens is 290 g/mol. The van der Waals surface area contributed by atoms with Crippen LogP contribution in [0.2, 0.25) is 0 Å². The Balaban J connectivity index is 2.14. The second-order valence-electron chi connectivity index (χ2n) is 6.33. The molecule has 1 atom stereocenters. The van der Waals surface area contributed by atoms with E-state index in [9.17, 15) is 9.59 Å². The van der Waals surface area contributed by atoms with Crippen LogP contribution in [0, 0.1) is 6.92 Å². The third-order valence-corrected chi connectivity index (χ3v) is 4.70. The van der Waals surface area contributed by atoms with E-state index in [1.54, 1.807) is 12.3 Å². The number of carbonyl (C=O) groups is 1. The number of aryl methyl sites for hydroxylation is 2. The van der Waals surface area contributed by atoms with Crippen molar-refractivity contribution in [2.75, 3.05) is 6.54 Å². The van der Waals surface area contributed by atoms with Gasteiger partial charge in [-0.25, -0.2) is 4.98 Å². The molecule has 1 aliphatic rings. The zero-order valence-corrected chi connectivity index (χ0v) is 14.0. The van der Waals surface area contributed by atoms with Gasteiger partial charge >= 0.3 is 0 Å². The second-order valence-corrected chi connectivity index (χ2v) is 6.33. The molecule has 3 heterocycles. The van der Waals surface area contributed by atoms with Gasteiger partial charge in [0.05, 0.1) is 5.39 Å². The van der Waals surface area contributed by atoms with Crippen molar-refractivity contribution >= 4 is 16.9 Å². The van der Waals surface area contributed by atoms with Gasteiger partial charge in [0.1, 0.15) is 11.2 Å². The number of amides is 1. The zero-order chi connectivity index (χ0) is 16.6. The normalized spacial score (nSPS) is 18.4. The van der Waals surface area contributed by atoms with Crippen LogP contribution in [0.1, 0.15) is 49.2 Å². The maximum Gasteiger partial charge on any atom is 0.259 e. The van der Waals surface area contributed by atoms with E-state index < -0.39 is 0 Å². The fourth-order valence-electron chi connectivity index (χ4n) is 3.31. The van der Waals surface area contributed by atoms with Crippen LogP contribution in [0.4, 0.5) is 0 Å². The van der Waals surface area contributed by atoms with Crippen LogP contribution < -0.4 is 5.43 Å². The molecule has 5 heteroatoms. The molecule has 1 unspecified atom stereocenters. The van der Waals surface area contributed by atoms with Crippen molar-refractivity contribution in [3.05, 3.63) is 39.8 Å². The minimum Gasteiger partial charge on any atom is -0.336 e. The second kappa shape index (κ2) is 6.14. The molecule has 0 aromatic carbocycles. The average molecular weight is 313 g/mol. The lowest BCUT2D eigenvalue weighted by Gasteiger charge is -2.33. The number of fused-ring (bicyclic) bond motifs is 1. The van der Waals surface area contributed by atoms with Crippen LogP contribution in [0.15, 0.2) is 23.1 Å². The van der Waals surface area contributed by atoms with Gasteiger partial charge in [-0.3, -0.25) is 9.59 Å². The van der Waals surface area contributed by atoms with E-state index in [2.05, 4.69) is 11.9 Å². The molecular formula is C18H23N3O2. The van der Waals surface area contributed by atoms with E-state index in [0.29, 0.717) is 17.6 Å². The van der Waals surface area contributed by atoms with Gasteiger partial charge in [0.25, 0.3) is 5.91 Å². The van der Waals surface area contributed by atoms with E-state index >= 15 is 0 Å². The number of likely N-dealkylation sites (tertiary alicyclic amines) is 1. The van der Waals surface area contributed by atoms with Crippen LogP contribution in [0.5, 0.6) is 0 Å². The highest BCUT2D eigenvalue weighted by Crippen LogP contribution is 2.19. The van der Waals surface area contributed by atoms with Crippen molar-refractivity contribution in [3.63, 3.8) is 0 Å². The summed E-state index contributed by atoms with van der Waals surface area (Å²) in [6.07, 6.45) is 4.83. The third-order valence-electron chi connectivity index (χ3n) is 4.70. The zero-order valence-electron chi connectivity index (χ0n) is 14.0. The SMILES string of the molecule is CCn1cc(C(=O)N2CCCCC2C)c(=O)c2ccc(C)nc21. The molecule has 5 nitrogen and oxygen atoms in total. The van der Waals surface area contributed by atoms with Crippen molar-refractivity contribution in [2.45, 2.75) is 52.6 Å². The molecule has 0 aliphatic carbocycles. The topological polar surface area (TPSA) is 55.2 Å². The molecule has 0 saturated carbocycles. The fraction of sp³-hybridized carbons (Fsp3) is 0.500. The van der Waals surface area contributed by atoms with E-state index in [4.69, 9.17) is 0 Å². The lowest BCUT2D eigenvalue weighted by Crippen LogP contribution is -2.43. The summed E-state index contributed by atoms with van der Waals surface area (Å²) in [7, 11) is 0. The van der Waals surface area contributed by atoms with Crippen LogP contribution in [0.3, 0.4) is 0 Å². The van der Waals surface area contributed by atoms with Gasteiger partial charge in [0, 0.05) is 31.0 Å². The van der Waals surface area contributed by atoms with Crippen molar-refractivity contribution < 1.29 is 4.79 Å². The molecule has 0 N–H and O–H groups in total. The Morgan fingerprint density at radius 3 is 2.83 bits per heavy atom. The standard InChI is InChI=1S/C18H23N3O2/c1-4-20-11-15(18(23)21-10-6-5-7-13(21)3)16(22)14-9-8-12(2)19-17(14)20/h8-9,11,13H,4-7,10H2,1-3H3. The summed E-state index contributed by atoms with van der Waals surface area (Å²) in [5.74, 6) is -0.146. The number of piperidine rings is 1. The Morgan fingerprint density at radius 2 is 2.13 bits per heavy atom. The molecule has 122 valence electrons. The maximum atomic E-state index is 12.9. The largest absolute Gasteiger partial charge is 0.336 e. The first-order valence-electron chi connectivity index (χ1n) is 8.34. The van der Waals surface area contributed by atoms with E-state index in [-0.39, 0.29) is 22.9 Å². The van der Waals surface area contributed by atoms with Crippen molar-refractivity contribution in [2.24, 2.45) is 0 Å². The Morgan fingerprint density at radius 1 is 1.35 bits per heavy atom. The average Bonchev–Trinajstić information content (AvgIpc) is 2.55.